The molecule has 0 unspecified atom stereocenters. The number of aromatic nitrogens is 1. The van der Waals surface area contributed by atoms with Crippen LogP contribution < -0.4 is 0 Å². The summed E-state index contributed by atoms with van der Waals surface area (Å²) < 4.78 is 3.27. The molecule has 0 saturated carbocycles. The van der Waals surface area contributed by atoms with Crippen LogP contribution >= 0.6 is 15.9 Å². The van der Waals surface area contributed by atoms with Gasteiger partial charge in [-0.1, -0.05) is 32.0 Å². The minimum atomic E-state index is 1.16. The van der Waals surface area contributed by atoms with E-state index in [1.165, 1.54) is 10.9 Å². The van der Waals surface area contributed by atoms with Gasteiger partial charge in [0.25, 0.3) is 0 Å². The van der Waals surface area contributed by atoms with Crippen molar-refractivity contribution in [2.45, 2.75) is 13.8 Å². The van der Waals surface area contributed by atoms with Gasteiger partial charge in [0.1, 0.15) is 0 Å². The molecule has 0 spiro atoms. The predicted molar refractivity (Wildman–Crippen MR) is 62.0 cm³/mol. The number of aryl methyl sites for hydroxylation is 1. The van der Waals surface area contributed by atoms with E-state index in [1.54, 1.807) is 0 Å². The fraction of sp³-hybridized carbons (Fsp3) is 0.273. The Bertz CT molecular complexity index is 354. The molecule has 2 rings (SSSR count). The number of fused-ring (bicyclic) bond motifs is 1. The fourth-order valence-corrected chi connectivity index (χ4v) is 1.93. The monoisotopic (exact) mass is 239 g/mol. The van der Waals surface area contributed by atoms with Gasteiger partial charge in [-0.25, -0.2) is 0 Å². The molecular formula is C11H14BrN. The van der Waals surface area contributed by atoms with Crippen LogP contribution in [0.1, 0.15) is 13.8 Å². The van der Waals surface area contributed by atoms with Crippen LogP contribution in [0.2, 0.25) is 0 Å². The van der Waals surface area contributed by atoms with E-state index in [-0.39, 0.29) is 0 Å². The maximum atomic E-state index is 3.50. The van der Waals surface area contributed by atoms with Crippen molar-refractivity contribution in [3.05, 3.63) is 34.9 Å². The standard InChI is InChI=1S/C9H8BrN.C2H6/c1-11-6-8(10)7-4-2-3-5-9(7)11;1-2/h2-6H,1H3;1-2H3. The molecule has 0 aliphatic carbocycles. The van der Waals surface area contributed by atoms with Gasteiger partial charge in [0.2, 0.25) is 0 Å². The molecule has 0 bridgehead atoms. The van der Waals surface area contributed by atoms with E-state index in [2.05, 4.69) is 44.9 Å². The topological polar surface area (TPSA) is 4.93 Å². The lowest BCUT2D eigenvalue weighted by Crippen LogP contribution is -1.81. The van der Waals surface area contributed by atoms with Crippen LogP contribution in [0, 0.1) is 0 Å². The molecule has 0 radical (unpaired) electrons. The number of rotatable bonds is 0. The maximum absolute atomic E-state index is 3.50. The Hall–Kier alpha value is -0.760. The van der Waals surface area contributed by atoms with E-state index >= 15 is 0 Å². The first-order valence-corrected chi connectivity index (χ1v) is 5.28. The van der Waals surface area contributed by atoms with Gasteiger partial charge in [-0.2, -0.15) is 0 Å². The Kier molecular flexibility index (Phi) is 3.55. The average Bonchev–Trinajstić information content (AvgIpc) is 2.47. The van der Waals surface area contributed by atoms with E-state index in [0.717, 1.165) is 4.47 Å². The Morgan fingerprint density at radius 2 is 1.77 bits per heavy atom. The smallest absolute Gasteiger partial charge is 0.0489 e. The predicted octanol–water partition coefficient (Wildman–Crippen LogP) is 3.97. The van der Waals surface area contributed by atoms with Crippen molar-refractivity contribution in [3.8, 4) is 0 Å². The SMILES string of the molecule is CC.Cn1cc(Br)c2ccccc21. The molecular weight excluding hydrogens is 226 g/mol. The van der Waals surface area contributed by atoms with Gasteiger partial charge in [-0.15, -0.1) is 0 Å². The highest BCUT2D eigenvalue weighted by Gasteiger charge is 2.00. The highest BCUT2D eigenvalue weighted by Crippen LogP contribution is 2.24. The second-order valence-corrected chi connectivity index (χ2v) is 3.46. The molecule has 2 aromatic rings. The van der Waals surface area contributed by atoms with Crippen LogP contribution in [0.3, 0.4) is 0 Å². The zero-order chi connectivity index (χ0) is 9.84. The third-order valence-corrected chi connectivity index (χ3v) is 2.48. The molecule has 70 valence electrons. The van der Waals surface area contributed by atoms with E-state index in [4.69, 9.17) is 0 Å². The molecule has 0 atom stereocenters. The van der Waals surface area contributed by atoms with Gasteiger partial charge in [-0.05, 0) is 22.0 Å². The van der Waals surface area contributed by atoms with E-state index in [0.29, 0.717) is 0 Å². The van der Waals surface area contributed by atoms with Crippen LogP contribution in [-0.2, 0) is 7.05 Å². The summed E-state index contributed by atoms with van der Waals surface area (Å²) in [5, 5.41) is 1.27. The zero-order valence-electron chi connectivity index (χ0n) is 8.21. The van der Waals surface area contributed by atoms with Gasteiger partial charge in [0.05, 0.1) is 0 Å². The summed E-state index contributed by atoms with van der Waals surface area (Å²) in [4.78, 5) is 0. The summed E-state index contributed by atoms with van der Waals surface area (Å²) in [5.41, 5.74) is 1.26. The third kappa shape index (κ3) is 1.94. The van der Waals surface area contributed by atoms with Crippen molar-refractivity contribution in [2.24, 2.45) is 7.05 Å². The summed E-state index contributed by atoms with van der Waals surface area (Å²) in [5.74, 6) is 0. The quantitative estimate of drug-likeness (QED) is 0.656. The number of para-hydroxylation sites is 1. The molecule has 0 aliphatic heterocycles. The highest BCUT2D eigenvalue weighted by atomic mass is 79.9. The summed E-state index contributed by atoms with van der Waals surface area (Å²) in [7, 11) is 2.05. The van der Waals surface area contributed by atoms with Crippen LogP contribution in [0.4, 0.5) is 0 Å². The highest BCUT2D eigenvalue weighted by molar-refractivity contribution is 9.10. The Morgan fingerprint density at radius 1 is 1.15 bits per heavy atom. The Labute approximate surface area is 87.5 Å². The molecule has 0 amide bonds. The molecule has 13 heavy (non-hydrogen) atoms. The molecule has 1 aromatic carbocycles. The first-order chi connectivity index (χ1) is 6.29. The summed E-state index contributed by atoms with van der Waals surface area (Å²) in [6, 6.07) is 8.32. The average molecular weight is 240 g/mol. The van der Waals surface area contributed by atoms with Gasteiger partial charge < -0.3 is 4.57 Å². The summed E-state index contributed by atoms with van der Waals surface area (Å²) in [6.07, 6.45) is 2.07. The lowest BCUT2D eigenvalue weighted by atomic mass is 10.2. The number of hydrogen-bond acceptors (Lipinski definition) is 0. The van der Waals surface area contributed by atoms with Crippen LogP contribution in [0.5, 0.6) is 0 Å². The molecule has 0 N–H and O–H groups in total. The largest absolute Gasteiger partial charge is 0.349 e. The molecule has 0 aliphatic rings. The van der Waals surface area contributed by atoms with Crippen molar-refractivity contribution >= 4 is 26.8 Å². The van der Waals surface area contributed by atoms with Gasteiger partial charge in [-0.3, -0.25) is 0 Å². The second-order valence-electron chi connectivity index (χ2n) is 2.61. The maximum Gasteiger partial charge on any atom is 0.0489 e. The molecule has 2 heteroatoms. The molecule has 1 nitrogen and oxygen atoms in total. The van der Waals surface area contributed by atoms with E-state index in [9.17, 15) is 0 Å². The first kappa shape index (κ1) is 10.3. The van der Waals surface area contributed by atoms with Crippen molar-refractivity contribution in [1.82, 2.24) is 4.57 Å². The van der Waals surface area contributed by atoms with Crippen LogP contribution in [-0.4, -0.2) is 4.57 Å². The number of nitrogens with zero attached hydrogens (tertiary/aromatic N) is 1. The summed E-state index contributed by atoms with van der Waals surface area (Å²) in [6.45, 7) is 4.00. The lowest BCUT2D eigenvalue weighted by Gasteiger charge is -1.92. The van der Waals surface area contributed by atoms with Crippen LogP contribution in [0.25, 0.3) is 10.9 Å². The number of benzene rings is 1. The van der Waals surface area contributed by atoms with Gasteiger partial charge >= 0.3 is 0 Å². The van der Waals surface area contributed by atoms with Crippen molar-refractivity contribution < 1.29 is 0 Å². The van der Waals surface area contributed by atoms with E-state index < -0.39 is 0 Å². The number of halogens is 1. The van der Waals surface area contributed by atoms with Gasteiger partial charge in [0, 0.05) is 28.6 Å². The Morgan fingerprint density at radius 3 is 2.38 bits per heavy atom. The van der Waals surface area contributed by atoms with Crippen molar-refractivity contribution in [3.63, 3.8) is 0 Å². The molecule has 0 saturated heterocycles. The second kappa shape index (κ2) is 4.47. The number of hydrogen-bond donors (Lipinski definition) is 0. The summed E-state index contributed by atoms with van der Waals surface area (Å²) >= 11 is 3.50. The third-order valence-electron chi connectivity index (χ3n) is 1.85. The molecule has 1 aromatic heterocycles. The van der Waals surface area contributed by atoms with Crippen LogP contribution in [0.15, 0.2) is 34.9 Å². The zero-order valence-corrected chi connectivity index (χ0v) is 9.80. The van der Waals surface area contributed by atoms with Crippen molar-refractivity contribution in [2.75, 3.05) is 0 Å². The van der Waals surface area contributed by atoms with Crippen molar-refractivity contribution in [1.29, 1.82) is 0 Å². The lowest BCUT2D eigenvalue weighted by molar-refractivity contribution is 0.966. The minimum absolute atomic E-state index is 1.16. The minimum Gasteiger partial charge on any atom is -0.349 e. The Balaban J connectivity index is 0.000000396. The van der Waals surface area contributed by atoms with Gasteiger partial charge in [0.15, 0.2) is 0 Å². The normalized spacial score (nSPS) is 9.54. The fourth-order valence-electron chi connectivity index (χ4n) is 1.29. The van der Waals surface area contributed by atoms with E-state index in [1.807, 2.05) is 27.0 Å². The molecule has 1 heterocycles. The first-order valence-electron chi connectivity index (χ1n) is 4.48. The molecule has 0 fully saturated rings.